The molecule has 0 aromatic heterocycles. The van der Waals surface area contributed by atoms with E-state index in [0.717, 1.165) is 17.1 Å². The van der Waals surface area contributed by atoms with E-state index in [1.54, 1.807) is 0 Å². The summed E-state index contributed by atoms with van der Waals surface area (Å²) in [6, 6.07) is 70.9. The van der Waals surface area contributed by atoms with Crippen LogP contribution in [-0.4, -0.2) is 0 Å². The zero-order valence-corrected chi connectivity index (χ0v) is 36.8. The molecular formula is C60H55N. The summed E-state index contributed by atoms with van der Waals surface area (Å²) < 4.78 is 0. The molecule has 0 amide bonds. The molecule has 0 N–H and O–H groups in total. The lowest BCUT2D eigenvalue weighted by Crippen LogP contribution is -2.32. The smallest absolute Gasteiger partial charge is 0.0717 e. The minimum absolute atomic E-state index is 0.0263. The average molecular weight is 790 g/mol. The molecule has 1 nitrogen and oxygen atoms in total. The molecular weight excluding hydrogens is 735 g/mol. The normalized spacial score (nSPS) is 14.5. The van der Waals surface area contributed by atoms with Crippen LogP contribution in [0.25, 0.3) is 33.4 Å². The number of fused-ring (bicyclic) bond motifs is 6. The molecule has 0 atom stereocenters. The molecule has 0 heterocycles. The summed E-state index contributed by atoms with van der Waals surface area (Å²) in [6.07, 6.45) is 0. The van der Waals surface area contributed by atoms with Gasteiger partial charge in [-0.15, -0.1) is 0 Å². The Morgan fingerprint density at radius 1 is 0.377 bits per heavy atom. The van der Waals surface area contributed by atoms with Crippen LogP contribution in [0.5, 0.6) is 0 Å². The van der Waals surface area contributed by atoms with Crippen molar-refractivity contribution in [3.8, 4) is 33.4 Å². The number of nitrogens with zero attached hydrogens (tertiary/aromatic N) is 1. The lowest BCUT2D eigenvalue weighted by atomic mass is 9.63. The summed E-state index contributed by atoms with van der Waals surface area (Å²) >= 11 is 0. The zero-order valence-electron chi connectivity index (χ0n) is 36.8. The predicted molar refractivity (Wildman–Crippen MR) is 259 cm³/mol. The van der Waals surface area contributed by atoms with E-state index < -0.39 is 5.41 Å². The lowest BCUT2D eigenvalue weighted by Gasteiger charge is -2.39. The van der Waals surface area contributed by atoms with E-state index in [1.807, 2.05) is 0 Å². The highest BCUT2D eigenvalue weighted by Crippen LogP contribution is 2.60. The third-order valence-electron chi connectivity index (χ3n) is 13.6. The highest BCUT2D eigenvalue weighted by Gasteiger charge is 2.49. The van der Waals surface area contributed by atoms with Crippen molar-refractivity contribution in [2.75, 3.05) is 4.90 Å². The van der Waals surface area contributed by atoms with Crippen LogP contribution >= 0.6 is 0 Å². The van der Waals surface area contributed by atoms with E-state index in [2.05, 4.69) is 248 Å². The van der Waals surface area contributed by atoms with Crippen LogP contribution in [0.3, 0.4) is 0 Å². The Morgan fingerprint density at radius 3 is 1.49 bits per heavy atom. The van der Waals surface area contributed by atoms with Crippen molar-refractivity contribution in [1.29, 1.82) is 0 Å². The maximum Gasteiger partial charge on any atom is 0.0717 e. The summed E-state index contributed by atoms with van der Waals surface area (Å²) in [6.45, 7) is 19.0. The summed E-state index contributed by atoms with van der Waals surface area (Å²) in [7, 11) is 0. The fourth-order valence-corrected chi connectivity index (χ4v) is 10.5. The Balaban J connectivity index is 1.29. The van der Waals surface area contributed by atoms with Crippen molar-refractivity contribution < 1.29 is 0 Å². The fraction of sp³-hybridized carbons (Fsp3) is 0.200. The number of hydrogen-bond acceptors (Lipinski definition) is 1. The SMILES string of the molecule is CC(C)(C)c1cc2c(c(C(C)(C)C)c1)C(c1ccccc1)(c1ccccc1)c1cc(N(c3cccc(-c4ccccc4)c3)c3ccc4c(c3)C(C)(C)c3ccccc3-4)ccc1-2. The van der Waals surface area contributed by atoms with Crippen LogP contribution in [0.1, 0.15) is 99.9 Å². The molecule has 10 rings (SSSR count). The molecule has 0 aliphatic heterocycles. The molecule has 0 spiro atoms. The number of anilines is 3. The number of hydrogen-bond donors (Lipinski definition) is 0. The van der Waals surface area contributed by atoms with Gasteiger partial charge >= 0.3 is 0 Å². The minimum Gasteiger partial charge on any atom is -0.310 e. The lowest BCUT2D eigenvalue weighted by molar-refractivity contribution is 0.557. The van der Waals surface area contributed by atoms with E-state index in [9.17, 15) is 0 Å². The van der Waals surface area contributed by atoms with Crippen molar-refractivity contribution in [1.82, 2.24) is 0 Å². The van der Waals surface area contributed by atoms with Crippen molar-refractivity contribution in [2.45, 2.75) is 77.0 Å². The number of rotatable bonds is 6. The Kier molecular flexibility index (Phi) is 8.93. The van der Waals surface area contributed by atoms with Crippen LogP contribution in [-0.2, 0) is 21.7 Å². The summed E-state index contributed by atoms with van der Waals surface area (Å²) in [5.41, 5.74) is 21.0. The van der Waals surface area contributed by atoms with E-state index in [1.165, 1.54) is 77.9 Å². The minimum atomic E-state index is -0.568. The van der Waals surface area contributed by atoms with Crippen LogP contribution in [0.15, 0.2) is 188 Å². The first-order valence-electron chi connectivity index (χ1n) is 21.9. The molecule has 0 saturated heterocycles. The van der Waals surface area contributed by atoms with Crippen LogP contribution in [0.4, 0.5) is 17.1 Å². The summed E-state index contributed by atoms with van der Waals surface area (Å²) in [5, 5.41) is 0. The van der Waals surface area contributed by atoms with Gasteiger partial charge in [0.2, 0.25) is 0 Å². The summed E-state index contributed by atoms with van der Waals surface area (Å²) in [4.78, 5) is 2.50. The van der Waals surface area contributed by atoms with E-state index in [0.29, 0.717) is 0 Å². The molecule has 0 radical (unpaired) electrons. The Bertz CT molecular complexity index is 2900. The largest absolute Gasteiger partial charge is 0.310 e. The van der Waals surface area contributed by atoms with Gasteiger partial charge in [-0.1, -0.05) is 207 Å². The Hall–Kier alpha value is -6.44. The van der Waals surface area contributed by atoms with Gasteiger partial charge in [0.05, 0.1) is 5.41 Å². The average Bonchev–Trinajstić information content (AvgIpc) is 3.69. The maximum atomic E-state index is 2.53. The van der Waals surface area contributed by atoms with E-state index in [4.69, 9.17) is 0 Å². The molecule has 2 aliphatic carbocycles. The Morgan fingerprint density at radius 2 is 0.885 bits per heavy atom. The van der Waals surface area contributed by atoms with Gasteiger partial charge in [-0.2, -0.15) is 0 Å². The third kappa shape index (κ3) is 6.12. The van der Waals surface area contributed by atoms with Gasteiger partial charge in [0.1, 0.15) is 0 Å². The van der Waals surface area contributed by atoms with Gasteiger partial charge in [-0.25, -0.2) is 0 Å². The molecule has 0 bridgehead atoms. The summed E-state index contributed by atoms with van der Waals surface area (Å²) in [5.74, 6) is 0. The second-order valence-corrected chi connectivity index (χ2v) is 19.8. The molecule has 8 aromatic carbocycles. The standard InChI is InChI=1S/C60H55N/c1-57(2,3)44-36-51-50-34-32-47(39-54(50)60(42-24-14-10-15-25-42,43-26-16-11-17-27-43)56(51)55(37-44)58(4,5)6)61(45-28-20-23-41(35-45)40-21-12-9-13-22-40)46-31-33-49-48-29-18-19-30-52(48)59(7,8)53(49)38-46/h9-39H,1-8H3. The first-order valence-corrected chi connectivity index (χ1v) is 21.9. The maximum absolute atomic E-state index is 2.53. The van der Waals surface area contributed by atoms with Crippen LogP contribution in [0, 0.1) is 0 Å². The highest BCUT2D eigenvalue weighted by atomic mass is 15.1. The molecule has 300 valence electrons. The highest BCUT2D eigenvalue weighted by molar-refractivity contribution is 5.92. The van der Waals surface area contributed by atoms with E-state index >= 15 is 0 Å². The van der Waals surface area contributed by atoms with Gasteiger partial charge < -0.3 is 4.90 Å². The van der Waals surface area contributed by atoms with Crippen molar-refractivity contribution in [3.63, 3.8) is 0 Å². The number of benzene rings is 8. The van der Waals surface area contributed by atoms with Gasteiger partial charge in [0, 0.05) is 22.5 Å². The first kappa shape index (κ1) is 38.7. The monoisotopic (exact) mass is 789 g/mol. The first-order chi connectivity index (χ1) is 29.3. The Labute approximate surface area is 363 Å². The van der Waals surface area contributed by atoms with Gasteiger partial charge in [-0.05, 0) is 125 Å². The molecule has 1 heteroatoms. The molecule has 2 aliphatic rings. The second-order valence-electron chi connectivity index (χ2n) is 19.8. The molecule has 0 unspecified atom stereocenters. The van der Waals surface area contributed by atoms with Crippen molar-refractivity contribution in [2.24, 2.45) is 0 Å². The van der Waals surface area contributed by atoms with Gasteiger partial charge in [0.15, 0.2) is 0 Å². The fourth-order valence-electron chi connectivity index (χ4n) is 10.5. The molecule has 61 heavy (non-hydrogen) atoms. The van der Waals surface area contributed by atoms with E-state index in [-0.39, 0.29) is 16.2 Å². The van der Waals surface area contributed by atoms with Crippen molar-refractivity contribution in [3.05, 3.63) is 233 Å². The van der Waals surface area contributed by atoms with Gasteiger partial charge in [-0.3, -0.25) is 0 Å². The second kappa shape index (κ2) is 14.1. The quantitative estimate of drug-likeness (QED) is 0.162. The molecule has 0 fully saturated rings. The zero-order chi connectivity index (χ0) is 42.3. The predicted octanol–water partition coefficient (Wildman–Crippen LogP) is 16.1. The third-order valence-corrected chi connectivity index (χ3v) is 13.6. The topological polar surface area (TPSA) is 3.24 Å². The van der Waals surface area contributed by atoms with Crippen LogP contribution in [0.2, 0.25) is 0 Å². The van der Waals surface area contributed by atoms with Crippen LogP contribution < -0.4 is 4.90 Å². The van der Waals surface area contributed by atoms with Gasteiger partial charge in [0.25, 0.3) is 0 Å². The molecule has 0 saturated carbocycles. The molecule has 8 aromatic rings. The van der Waals surface area contributed by atoms with Crippen molar-refractivity contribution >= 4 is 17.1 Å².